The van der Waals surface area contributed by atoms with Gasteiger partial charge in [-0.25, -0.2) is 4.98 Å². The van der Waals surface area contributed by atoms with Crippen LogP contribution in [0.2, 0.25) is 0 Å². The number of amides is 1. The summed E-state index contributed by atoms with van der Waals surface area (Å²) in [6, 6.07) is 3.46. The summed E-state index contributed by atoms with van der Waals surface area (Å²) in [5.74, 6) is 2.02. The predicted octanol–water partition coefficient (Wildman–Crippen LogP) is 2.91. The summed E-state index contributed by atoms with van der Waals surface area (Å²) in [5.41, 5.74) is -0.0315. The smallest absolute Gasteiger partial charge is 0.289 e. The van der Waals surface area contributed by atoms with E-state index in [1.54, 1.807) is 12.1 Å². The number of furan rings is 1. The highest BCUT2D eigenvalue weighted by molar-refractivity contribution is 5.91. The van der Waals surface area contributed by atoms with Crippen molar-refractivity contribution < 1.29 is 13.6 Å². The molecule has 24 heavy (non-hydrogen) atoms. The van der Waals surface area contributed by atoms with Gasteiger partial charge in [0.15, 0.2) is 5.76 Å². The lowest BCUT2D eigenvalue weighted by Gasteiger charge is -2.20. The molecule has 0 aromatic carbocycles. The van der Waals surface area contributed by atoms with E-state index in [9.17, 15) is 4.79 Å². The van der Waals surface area contributed by atoms with Gasteiger partial charge in [-0.15, -0.1) is 0 Å². The lowest BCUT2D eigenvalue weighted by atomic mass is 9.94. The Morgan fingerprint density at radius 1 is 1.25 bits per heavy atom. The molecule has 0 atom stereocenters. The summed E-state index contributed by atoms with van der Waals surface area (Å²) in [6.45, 7) is 10.2. The average molecular weight is 331 g/mol. The molecule has 130 valence electrons. The number of rotatable bonds is 3. The Bertz CT molecular complexity index is 670. The summed E-state index contributed by atoms with van der Waals surface area (Å²) in [5, 5.41) is 0. The molecule has 0 spiro atoms. The van der Waals surface area contributed by atoms with Gasteiger partial charge in [-0.3, -0.25) is 9.69 Å². The number of nitrogens with zero attached hydrogens (tertiary/aromatic N) is 3. The average Bonchev–Trinajstić information content (AvgIpc) is 3.15. The van der Waals surface area contributed by atoms with Crippen molar-refractivity contribution in [2.45, 2.75) is 39.2 Å². The molecule has 1 amide bonds. The first-order valence-corrected chi connectivity index (χ1v) is 8.44. The van der Waals surface area contributed by atoms with Gasteiger partial charge >= 0.3 is 0 Å². The number of hydrogen-bond acceptors (Lipinski definition) is 5. The zero-order valence-electron chi connectivity index (χ0n) is 14.6. The third-order valence-corrected chi connectivity index (χ3v) is 4.26. The van der Waals surface area contributed by atoms with Crippen molar-refractivity contribution >= 4 is 5.91 Å². The number of oxazole rings is 1. The molecule has 0 unspecified atom stereocenters. The molecule has 1 aliphatic heterocycles. The third kappa shape index (κ3) is 3.87. The molecular weight excluding hydrogens is 306 g/mol. The summed E-state index contributed by atoms with van der Waals surface area (Å²) in [6.07, 6.45) is 4.28. The van der Waals surface area contributed by atoms with E-state index in [4.69, 9.17) is 8.83 Å². The molecule has 6 nitrogen and oxygen atoms in total. The molecule has 0 bridgehead atoms. The molecule has 1 saturated heterocycles. The molecule has 0 aliphatic carbocycles. The second-order valence-electron chi connectivity index (χ2n) is 7.27. The molecular formula is C18H25N3O3. The summed E-state index contributed by atoms with van der Waals surface area (Å²) in [7, 11) is 0. The highest BCUT2D eigenvalue weighted by Crippen LogP contribution is 2.23. The Hall–Kier alpha value is -2.08. The number of carbonyl (C=O) groups is 1. The maximum Gasteiger partial charge on any atom is 0.289 e. The standard InChI is InChI=1S/C18H25N3O3/c1-18(2,3)15-12-19-16(24-15)13-20-7-5-8-21(10-9-20)17(22)14-6-4-11-23-14/h4,6,11-12H,5,7-10,13H2,1-3H3. The van der Waals surface area contributed by atoms with E-state index in [1.165, 1.54) is 6.26 Å². The Labute approximate surface area is 142 Å². The van der Waals surface area contributed by atoms with Crippen LogP contribution in [0.1, 0.15) is 49.4 Å². The van der Waals surface area contributed by atoms with Gasteiger partial charge in [0.2, 0.25) is 5.89 Å². The Morgan fingerprint density at radius 2 is 2.08 bits per heavy atom. The first-order valence-electron chi connectivity index (χ1n) is 8.44. The second kappa shape index (κ2) is 6.81. The van der Waals surface area contributed by atoms with Crippen molar-refractivity contribution in [3.05, 3.63) is 42.0 Å². The van der Waals surface area contributed by atoms with E-state index in [0.29, 0.717) is 18.8 Å². The summed E-state index contributed by atoms with van der Waals surface area (Å²) in [4.78, 5) is 20.9. The molecule has 3 rings (SSSR count). The number of aromatic nitrogens is 1. The fourth-order valence-corrected chi connectivity index (χ4v) is 2.81. The van der Waals surface area contributed by atoms with Gasteiger partial charge in [0.05, 0.1) is 19.0 Å². The first-order chi connectivity index (χ1) is 11.4. The Morgan fingerprint density at radius 3 is 2.75 bits per heavy atom. The Kier molecular flexibility index (Phi) is 4.76. The highest BCUT2D eigenvalue weighted by atomic mass is 16.4. The zero-order valence-corrected chi connectivity index (χ0v) is 14.6. The summed E-state index contributed by atoms with van der Waals surface area (Å²) >= 11 is 0. The van der Waals surface area contributed by atoms with Crippen molar-refractivity contribution in [3.63, 3.8) is 0 Å². The fraction of sp³-hybridized carbons (Fsp3) is 0.556. The topological polar surface area (TPSA) is 62.7 Å². The van der Waals surface area contributed by atoms with E-state index in [-0.39, 0.29) is 11.3 Å². The van der Waals surface area contributed by atoms with Crippen LogP contribution >= 0.6 is 0 Å². The largest absolute Gasteiger partial charge is 0.459 e. The SMILES string of the molecule is CC(C)(C)c1cnc(CN2CCCN(C(=O)c3ccco3)CC2)o1. The molecule has 0 N–H and O–H groups in total. The fourth-order valence-electron chi connectivity index (χ4n) is 2.81. The third-order valence-electron chi connectivity index (χ3n) is 4.26. The van der Waals surface area contributed by atoms with Gasteiger partial charge in [-0.2, -0.15) is 0 Å². The minimum absolute atomic E-state index is 0.0315. The molecule has 2 aromatic rings. The van der Waals surface area contributed by atoms with Crippen LogP contribution in [0.25, 0.3) is 0 Å². The molecule has 3 heterocycles. The minimum Gasteiger partial charge on any atom is -0.459 e. The van der Waals surface area contributed by atoms with Gasteiger partial charge in [0, 0.05) is 31.6 Å². The monoisotopic (exact) mass is 331 g/mol. The normalized spacial score (nSPS) is 17.0. The molecule has 1 fully saturated rings. The lowest BCUT2D eigenvalue weighted by Crippen LogP contribution is -2.34. The minimum atomic E-state index is -0.0343. The molecule has 0 saturated carbocycles. The van der Waals surface area contributed by atoms with Crippen molar-refractivity contribution in [1.29, 1.82) is 0 Å². The molecule has 0 radical (unpaired) electrons. The first kappa shape index (κ1) is 16.8. The Balaban J connectivity index is 1.58. The van der Waals surface area contributed by atoms with Crippen LogP contribution < -0.4 is 0 Å². The molecule has 6 heteroatoms. The van der Waals surface area contributed by atoms with Crippen LogP contribution in [-0.4, -0.2) is 46.9 Å². The molecule has 2 aromatic heterocycles. The van der Waals surface area contributed by atoms with E-state index < -0.39 is 0 Å². The van der Waals surface area contributed by atoms with Crippen LogP contribution in [0, 0.1) is 0 Å². The lowest BCUT2D eigenvalue weighted by molar-refractivity contribution is 0.0728. The van der Waals surface area contributed by atoms with Crippen molar-refractivity contribution in [1.82, 2.24) is 14.8 Å². The maximum absolute atomic E-state index is 12.4. The molecule has 1 aliphatic rings. The second-order valence-corrected chi connectivity index (χ2v) is 7.27. The summed E-state index contributed by atoms with van der Waals surface area (Å²) < 4.78 is 11.1. The predicted molar refractivity (Wildman–Crippen MR) is 89.7 cm³/mol. The quantitative estimate of drug-likeness (QED) is 0.865. The van der Waals surface area contributed by atoms with Crippen LogP contribution in [0.4, 0.5) is 0 Å². The van der Waals surface area contributed by atoms with Gasteiger partial charge in [0.1, 0.15) is 5.76 Å². The van der Waals surface area contributed by atoms with E-state index in [1.807, 2.05) is 11.1 Å². The van der Waals surface area contributed by atoms with Gasteiger partial charge in [-0.1, -0.05) is 20.8 Å². The van der Waals surface area contributed by atoms with E-state index in [0.717, 1.165) is 37.7 Å². The van der Waals surface area contributed by atoms with E-state index >= 15 is 0 Å². The van der Waals surface area contributed by atoms with Crippen molar-refractivity contribution in [2.75, 3.05) is 26.2 Å². The van der Waals surface area contributed by atoms with Gasteiger partial charge in [0.25, 0.3) is 5.91 Å². The van der Waals surface area contributed by atoms with Crippen LogP contribution in [-0.2, 0) is 12.0 Å². The van der Waals surface area contributed by atoms with Crippen LogP contribution in [0.3, 0.4) is 0 Å². The van der Waals surface area contributed by atoms with E-state index in [2.05, 4.69) is 30.7 Å². The zero-order chi connectivity index (χ0) is 17.2. The highest BCUT2D eigenvalue weighted by Gasteiger charge is 2.24. The number of hydrogen-bond donors (Lipinski definition) is 0. The number of carbonyl (C=O) groups excluding carboxylic acids is 1. The van der Waals surface area contributed by atoms with Crippen LogP contribution in [0.15, 0.2) is 33.4 Å². The van der Waals surface area contributed by atoms with Crippen LogP contribution in [0.5, 0.6) is 0 Å². The van der Waals surface area contributed by atoms with Gasteiger partial charge < -0.3 is 13.7 Å². The van der Waals surface area contributed by atoms with Crippen molar-refractivity contribution in [2.24, 2.45) is 0 Å². The van der Waals surface area contributed by atoms with Gasteiger partial charge in [-0.05, 0) is 18.6 Å². The maximum atomic E-state index is 12.4. The van der Waals surface area contributed by atoms with Crippen molar-refractivity contribution in [3.8, 4) is 0 Å².